The van der Waals surface area contributed by atoms with Gasteiger partial charge in [-0.25, -0.2) is 0 Å². The van der Waals surface area contributed by atoms with Gasteiger partial charge >= 0.3 is 176 Å². The molecular formula is Mo3O12Pr2. The molecule has 0 saturated carbocycles. The van der Waals surface area contributed by atoms with E-state index in [-0.39, 0.29) is 82.6 Å². The Morgan fingerprint density at radius 3 is 0.412 bits per heavy atom. The monoisotopic (exact) mass is 767 g/mol. The maximum Gasteiger partial charge on any atom is 3.00 e. The Balaban J connectivity index is -0.0000000400. The van der Waals surface area contributed by atoms with E-state index in [2.05, 4.69) is 0 Å². The Hall–Kier alpha value is 3.35. The minimum Gasteiger partial charge on any atom is 3.00 e. The first-order valence-electron chi connectivity index (χ1n) is 2.00. The molecule has 0 aromatic rings. The summed E-state index contributed by atoms with van der Waals surface area (Å²) in [4.78, 5) is 0. The molecule has 0 aliphatic heterocycles. The van der Waals surface area contributed by atoms with Crippen LogP contribution in [-0.2, 0) is 70.6 Å². The molecule has 0 aromatic heterocycles. The molecule has 0 radical (unpaired) electrons. The van der Waals surface area contributed by atoms with E-state index < -0.39 is 50.2 Å². The van der Waals surface area contributed by atoms with Crippen LogP contribution in [0.4, 0.5) is 0 Å². The fraction of sp³-hybridized carbons (Fsp3) is 0. The van der Waals surface area contributed by atoms with E-state index in [0.717, 1.165) is 0 Å². The zero-order valence-corrected chi connectivity index (χ0v) is 20.7. The molecule has 0 bridgehead atoms. The number of hydrogen-bond donors (Lipinski definition) is 0. The van der Waals surface area contributed by atoms with Gasteiger partial charge in [-0.2, -0.15) is 0 Å². The zero-order chi connectivity index (χ0) is 13.5. The molecule has 0 aliphatic carbocycles. The van der Waals surface area contributed by atoms with Crippen molar-refractivity contribution in [1.82, 2.24) is 0 Å². The van der Waals surface area contributed by atoms with Gasteiger partial charge in [-0.1, -0.05) is 0 Å². The Bertz CT molecular complexity index is 341. The second-order valence-electron chi connectivity index (χ2n) is 1.22. The van der Waals surface area contributed by atoms with Gasteiger partial charge < -0.3 is 0 Å². The van der Waals surface area contributed by atoms with Gasteiger partial charge in [0.1, 0.15) is 0 Å². The summed E-state index contributed by atoms with van der Waals surface area (Å²) in [5.41, 5.74) is 0. The third-order valence-electron chi connectivity index (χ3n) is 0. The van der Waals surface area contributed by atoms with Crippen LogP contribution in [0.25, 0.3) is 0 Å². The van der Waals surface area contributed by atoms with E-state index in [1.165, 1.54) is 0 Å². The van der Waals surface area contributed by atoms with Crippen LogP contribution in [0, 0.1) is 82.6 Å². The van der Waals surface area contributed by atoms with Gasteiger partial charge in [0.25, 0.3) is 0 Å². The molecule has 0 heterocycles. The van der Waals surface area contributed by atoms with E-state index in [1.807, 2.05) is 0 Å². The van der Waals surface area contributed by atoms with Crippen molar-refractivity contribution in [2.75, 3.05) is 0 Å². The van der Waals surface area contributed by atoms with E-state index in [0.29, 0.717) is 0 Å². The van der Waals surface area contributed by atoms with Gasteiger partial charge in [-0.15, -0.1) is 0 Å². The fourth-order valence-corrected chi connectivity index (χ4v) is 0. The van der Waals surface area contributed by atoms with Crippen molar-refractivity contribution in [2.24, 2.45) is 0 Å². The standard InChI is InChI=1S/3Mo.12O.2Pr/q;;;;;;;;;6*-1;2*+3. The van der Waals surface area contributed by atoms with Gasteiger partial charge in [-0.3, -0.25) is 0 Å². The quantitative estimate of drug-likeness (QED) is 0.209. The normalized spacial score (nSPS) is 10.2. The van der Waals surface area contributed by atoms with Crippen LogP contribution in [0.2, 0.25) is 0 Å². The molecule has 0 saturated heterocycles. The average Bonchev–Trinajstić information content (AvgIpc) is 1.41. The summed E-state index contributed by atoms with van der Waals surface area (Å²) < 4.78 is 104. The van der Waals surface area contributed by atoms with Crippen LogP contribution in [0.1, 0.15) is 0 Å². The van der Waals surface area contributed by atoms with E-state index in [9.17, 15) is 0 Å². The summed E-state index contributed by atoms with van der Waals surface area (Å²) in [6.45, 7) is 0. The van der Waals surface area contributed by atoms with Crippen molar-refractivity contribution >= 4 is 0 Å². The van der Waals surface area contributed by atoms with Gasteiger partial charge in [0.2, 0.25) is 0 Å². The van der Waals surface area contributed by atoms with Crippen LogP contribution in [0.5, 0.6) is 0 Å². The summed E-state index contributed by atoms with van der Waals surface area (Å²) >= 11 is -18.1. The van der Waals surface area contributed by atoms with E-state index in [4.69, 9.17) is 42.9 Å². The molecule has 12 nitrogen and oxygen atoms in total. The van der Waals surface area contributed by atoms with Crippen LogP contribution >= 0.6 is 0 Å². The molecule has 0 N–H and O–H groups in total. The second-order valence-corrected chi connectivity index (χ2v) is 7.25. The molecule has 0 atom stereocenters. The van der Waals surface area contributed by atoms with E-state index >= 15 is 0 Å². The Labute approximate surface area is 171 Å². The van der Waals surface area contributed by atoms with Crippen LogP contribution in [-0.4, -0.2) is 0 Å². The minimum absolute atomic E-state index is 0. The van der Waals surface area contributed by atoms with Crippen LogP contribution < -0.4 is 22.6 Å². The summed E-state index contributed by atoms with van der Waals surface area (Å²) in [6.07, 6.45) is 0. The summed E-state index contributed by atoms with van der Waals surface area (Å²) in [7, 11) is 0. The molecule has 0 rings (SSSR count). The Morgan fingerprint density at radius 1 is 0.412 bits per heavy atom. The van der Waals surface area contributed by atoms with Crippen molar-refractivity contribution in [1.29, 1.82) is 0 Å². The Morgan fingerprint density at radius 2 is 0.412 bits per heavy atom. The molecule has 0 aliphatic rings. The average molecular weight is 762 g/mol. The SMILES string of the molecule is [O]=[Mo](=[O])([O-])[O-].[O]=[Mo](=[O])([O-])[O-].[O]=[Mo](=[O])([O-])[O-].[Pr+3].[Pr+3]. The molecular weight excluding hydrogens is 762 g/mol. The molecule has 0 spiro atoms. The molecule has 0 amide bonds. The summed E-state index contributed by atoms with van der Waals surface area (Å²) in [6, 6.07) is 0. The Kier molecular flexibility index (Phi) is 27.2. The third-order valence-corrected chi connectivity index (χ3v) is 0. The van der Waals surface area contributed by atoms with E-state index in [1.54, 1.807) is 0 Å². The molecule has 0 fully saturated rings. The predicted molar refractivity (Wildman–Crippen MR) is 4.12 cm³/mol. The van der Waals surface area contributed by atoms with Gasteiger partial charge in [0, 0.05) is 0 Å². The van der Waals surface area contributed by atoms with Crippen molar-refractivity contribution < 1.29 is 176 Å². The summed E-state index contributed by atoms with van der Waals surface area (Å²) in [5, 5.41) is 0. The minimum atomic E-state index is -6.02. The first kappa shape index (κ1) is 32.3. The van der Waals surface area contributed by atoms with Crippen LogP contribution in [0.3, 0.4) is 0 Å². The van der Waals surface area contributed by atoms with Gasteiger partial charge in [0.15, 0.2) is 0 Å². The summed E-state index contributed by atoms with van der Waals surface area (Å²) in [5.74, 6) is 0. The first-order chi connectivity index (χ1) is 6.00. The molecule has 17 heavy (non-hydrogen) atoms. The smallest absolute Gasteiger partial charge is 3.00 e. The molecule has 17 heteroatoms. The van der Waals surface area contributed by atoms with Gasteiger partial charge in [-0.05, 0) is 0 Å². The number of hydrogen-bond acceptors (Lipinski definition) is 12. The van der Waals surface area contributed by atoms with Crippen molar-refractivity contribution in [3.05, 3.63) is 0 Å². The topological polar surface area (TPSA) is 241 Å². The zero-order valence-electron chi connectivity index (χ0n) is 7.28. The van der Waals surface area contributed by atoms with Crippen molar-refractivity contribution in [2.45, 2.75) is 0 Å². The fourth-order valence-electron chi connectivity index (χ4n) is 0. The second kappa shape index (κ2) is 14.3. The first-order valence-corrected chi connectivity index (χ1v) is 11.8. The maximum atomic E-state index is 8.63. The van der Waals surface area contributed by atoms with Gasteiger partial charge in [0.05, 0.1) is 0 Å². The maximum absolute atomic E-state index is 8.63. The van der Waals surface area contributed by atoms with Crippen molar-refractivity contribution in [3.8, 4) is 0 Å². The largest absolute Gasteiger partial charge is 3.00 e. The third kappa shape index (κ3) is 519. The molecule has 0 unspecified atom stereocenters. The number of rotatable bonds is 0. The van der Waals surface area contributed by atoms with Crippen LogP contribution in [0.15, 0.2) is 0 Å². The van der Waals surface area contributed by atoms with Crippen molar-refractivity contribution in [3.63, 3.8) is 0 Å². The predicted octanol–water partition coefficient (Wildman–Crippen LogP) is -7.85. The molecule has 96 valence electrons. The molecule has 0 aromatic carbocycles.